The Kier molecular flexibility index (Phi) is 5.44. The molecule has 30 heavy (non-hydrogen) atoms. The molecule has 0 aliphatic heterocycles. The highest BCUT2D eigenvalue weighted by Crippen LogP contribution is 2.38. The highest BCUT2D eigenvalue weighted by molar-refractivity contribution is 7.82. The Labute approximate surface area is 178 Å². The Morgan fingerprint density at radius 3 is 2.57 bits per heavy atom. The van der Waals surface area contributed by atoms with Gasteiger partial charge in [-0.05, 0) is 60.7 Å². The SMILES string of the molecule is CC(C)CNc1ccc2c(c1)-c1c(c(C(N)=O)nn1-c1ccc(S(N)=O)cc1)CC2. The van der Waals surface area contributed by atoms with Crippen LogP contribution in [-0.4, -0.2) is 26.4 Å². The van der Waals surface area contributed by atoms with Crippen molar-refractivity contribution in [3.8, 4) is 16.9 Å². The predicted octanol–water partition coefficient (Wildman–Crippen LogP) is 2.79. The maximum Gasteiger partial charge on any atom is 0.269 e. The van der Waals surface area contributed by atoms with Crippen LogP contribution in [0, 0.1) is 5.92 Å². The summed E-state index contributed by atoms with van der Waals surface area (Å²) in [5.74, 6) is -0.0163. The van der Waals surface area contributed by atoms with Crippen molar-refractivity contribution in [2.24, 2.45) is 16.8 Å². The molecule has 3 aromatic rings. The fourth-order valence-electron chi connectivity index (χ4n) is 3.78. The van der Waals surface area contributed by atoms with Crippen LogP contribution in [0.25, 0.3) is 16.9 Å². The zero-order chi connectivity index (χ0) is 21.4. The molecule has 1 aliphatic rings. The molecule has 1 aromatic heterocycles. The summed E-state index contributed by atoms with van der Waals surface area (Å²) in [5, 5.41) is 13.5. The van der Waals surface area contributed by atoms with Gasteiger partial charge in [0.1, 0.15) is 11.0 Å². The fourth-order valence-corrected chi connectivity index (χ4v) is 4.18. The van der Waals surface area contributed by atoms with Gasteiger partial charge in [0.2, 0.25) is 0 Å². The van der Waals surface area contributed by atoms with Gasteiger partial charge >= 0.3 is 0 Å². The van der Waals surface area contributed by atoms with Gasteiger partial charge in [0.15, 0.2) is 5.69 Å². The Balaban J connectivity index is 1.86. The number of fused-ring (bicyclic) bond motifs is 3. The van der Waals surface area contributed by atoms with E-state index in [0.717, 1.165) is 41.2 Å². The van der Waals surface area contributed by atoms with E-state index < -0.39 is 16.9 Å². The number of nitrogens with two attached hydrogens (primary N) is 2. The summed E-state index contributed by atoms with van der Waals surface area (Å²) in [6.07, 6.45) is 1.52. The maximum absolute atomic E-state index is 12.1. The first kappa shape index (κ1) is 20.3. The van der Waals surface area contributed by atoms with Gasteiger partial charge in [0.05, 0.1) is 16.3 Å². The third-order valence-electron chi connectivity index (χ3n) is 5.25. The molecule has 1 aliphatic carbocycles. The van der Waals surface area contributed by atoms with Crippen LogP contribution in [0.4, 0.5) is 5.69 Å². The molecular weight excluding hydrogens is 398 g/mol. The van der Waals surface area contributed by atoms with E-state index in [1.165, 1.54) is 5.56 Å². The summed E-state index contributed by atoms with van der Waals surface area (Å²) in [6.45, 7) is 5.20. The topological polar surface area (TPSA) is 116 Å². The number of anilines is 1. The summed E-state index contributed by atoms with van der Waals surface area (Å²) >= 11 is 0. The molecule has 0 bridgehead atoms. The fraction of sp³-hybridized carbons (Fsp3) is 0.273. The van der Waals surface area contributed by atoms with E-state index in [9.17, 15) is 9.00 Å². The Morgan fingerprint density at radius 1 is 1.20 bits per heavy atom. The van der Waals surface area contributed by atoms with Crippen molar-refractivity contribution in [2.45, 2.75) is 31.6 Å². The zero-order valence-corrected chi connectivity index (χ0v) is 17.8. The first-order valence-corrected chi connectivity index (χ1v) is 11.1. The molecule has 0 saturated heterocycles. The molecule has 156 valence electrons. The minimum absolute atomic E-state index is 0.294. The molecule has 1 atom stereocenters. The van der Waals surface area contributed by atoms with Gasteiger partial charge in [0.25, 0.3) is 5.91 Å². The van der Waals surface area contributed by atoms with E-state index in [4.69, 9.17) is 10.9 Å². The lowest BCUT2D eigenvalue weighted by molar-refractivity contribution is 0.0994. The van der Waals surface area contributed by atoms with Gasteiger partial charge in [0, 0.05) is 23.4 Å². The average molecular weight is 424 g/mol. The standard InChI is InChI=1S/C22H25N5O2S/c1-13(2)12-25-15-5-3-14-4-10-18-20(22(23)28)26-27(21(18)19(14)11-15)16-6-8-17(9-7-16)30(24)29/h3,5-9,11,13,25H,4,10,12,24H2,1-2H3,(H2,23,28). The predicted molar refractivity (Wildman–Crippen MR) is 119 cm³/mol. The molecule has 2 aromatic carbocycles. The molecule has 1 unspecified atom stereocenters. The van der Waals surface area contributed by atoms with E-state index >= 15 is 0 Å². The van der Waals surface area contributed by atoms with Crippen LogP contribution in [-0.2, 0) is 23.8 Å². The van der Waals surface area contributed by atoms with Crippen LogP contribution in [0.2, 0.25) is 0 Å². The molecule has 0 radical (unpaired) electrons. The molecule has 0 fully saturated rings. The molecule has 5 N–H and O–H groups in total. The van der Waals surface area contributed by atoms with Crippen molar-refractivity contribution in [1.29, 1.82) is 0 Å². The number of carbonyl (C=O) groups excluding carboxylic acids is 1. The number of aromatic nitrogens is 2. The number of primary amides is 1. The second-order valence-electron chi connectivity index (χ2n) is 7.89. The van der Waals surface area contributed by atoms with Gasteiger partial charge in [-0.3, -0.25) is 4.79 Å². The van der Waals surface area contributed by atoms with Crippen LogP contribution < -0.4 is 16.2 Å². The average Bonchev–Trinajstić information content (AvgIpc) is 3.12. The second-order valence-corrected chi connectivity index (χ2v) is 8.96. The summed E-state index contributed by atoms with van der Waals surface area (Å²) in [4.78, 5) is 12.6. The third-order valence-corrected chi connectivity index (χ3v) is 5.99. The summed E-state index contributed by atoms with van der Waals surface area (Å²) in [5.41, 5.74) is 11.7. The maximum atomic E-state index is 12.1. The van der Waals surface area contributed by atoms with Crippen LogP contribution in [0.5, 0.6) is 0 Å². The van der Waals surface area contributed by atoms with E-state index in [0.29, 0.717) is 22.9 Å². The van der Waals surface area contributed by atoms with E-state index in [1.54, 1.807) is 28.9 Å². The molecule has 7 nitrogen and oxygen atoms in total. The van der Waals surface area contributed by atoms with Gasteiger partial charge in [-0.25, -0.2) is 14.0 Å². The first-order chi connectivity index (χ1) is 14.3. The van der Waals surface area contributed by atoms with Crippen LogP contribution in [0.1, 0.15) is 35.5 Å². The van der Waals surface area contributed by atoms with Gasteiger partial charge < -0.3 is 11.1 Å². The molecule has 0 spiro atoms. The van der Waals surface area contributed by atoms with Gasteiger partial charge in [-0.1, -0.05) is 19.9 Å². The Hall–Kier alpha value is -2.97. The molecule has 1 heterocycles. The van der Waals surface area contributed by atoms with Crippen LogP contribution >= 0.6 is 0 Å². The number of aryl methyl sites for hydroxylation is 1. The quantitative estimate of drug-likeness (QED) is 0.565. The highest BCUT2D eigenvalue weighted by Gasteiger charge is 2.28. The first-order valence-electron chi connectivity index (χ1n) is 9.90. The van der Waals surface area contributed by atoms with Gasteiger partial charge in [-0.2, -0.15) is 5.10 Å². The number of nitrogens with one attached hydrogen (secondary N) is 1. The summed E-state index contributed by atoms with van der Waals surface area (Å²) < 4.78 is 13.3. The molecule has 0 saturated carbocycles. The number of carbonyl (C=O) groups is 1. The number of rotatable bonds is 6. The smallest absolute Gasteiger partial charge is 0.269 e. The number of hydrogen-bond donors (Lipinski definition) is 3. The monoisotopic (exact) mass is 423 g/mol. The number of hydrogen-bond acceptors (Lipinski definition) is 4. The number of nitrogens with zero attached hydrogens (tertiary/aromatic N) is 2. The highest BCUT2D eigenvalue weighted by atomic mass is 32.2. The van der Waals surface area contributed by atoms with Crippen molar-refractivity contribution in [1.82, 2.24) is 9.78 Å². The van der Waals surface area contributed by atoms with Crippen LogP contribution in [0.3, 0.4) is 0 Å². The molecular formula is C22H25N5O2S. The molecule has 1 amide bonds. The van der Waals surface area contributed by atoms with Gasteiger partial charge in [-0.15, -0.1) is 0 Å². The molecule has 8 heteroatoms. The zero-order valence-electron chi connectivity index (χ0n) is 17.0. The number of benzene rings is 2. The van der Waals surface area contributed by atoms with Crippen molar-refractivity contribution >= 4 is 22.6 Å². The normalized spacial score (nSPS) is 13.6. The minimum Gasteiger partial charge on any atom is -0.385 e. The van der Waals surface area contributed by atoms with E-state index in [1.807, 2.05) is 0 Å². The minimum atomic E-state index is -1.56. The summed E-state index contributed by atoms with van der Waals surface area (Å²) in [7, 11) is -1.56. The second kappa shape index (κ2) is 8.04. The van der Waals surface area contributed by atoms with Crippen LogP contribution in [0.15, 0.2) is 47.4 Å². The van der Waals surface area contributed by atoms with Crippen molar-refractivity contribution < 1.29 is 9.00 Å². The van der Waals surface area contributed by atoms with E-state index in [-0.39, 0.29) is 0 Å². The largest absolute Gasteiger partial charge is 0.385 e. The van der Waals surface area contributed by atoms with E-state index in [2.05, 4.69) is 42.5 Å². The van der Waals surface area contributed by atoms with Crippen molar-refractivity contribution in [2.75, 3.05) is 11.9 Å². The lowest BCUT2D eigenvalue weighted by Crippen LogP contribution is -2.15. The summed E-state index contributed by atoms with van der Waals surface area (Å²) in [6, 6.07) is 13.3. The Morgan fingerprint density at radius 2 is 1.93 bits per heavy atom. The Bertz CT molecular complexity index is 1140. The number of amides is 1. The lowest BCUT2D eigenvalue weighted by atomic mass is 9.88. The van der Waals surface area contributed by atoms with Crippen molar-refractivity contribution in [3.63, 3.8) is 0 Å². The molecule has 4 rings (SSSR count). The third kappa shape index (κ3) is 3.76. The lowest BCUT2D eigenvalue weighted by Gasteiger charge is -2.20. The van der Waals surface area contributed by atoms with Crippen molar-refractivity contribution in [3.05, 3.63) is 59.3 Å².